The van der Waals surface area contributed by atoms with Gasteiger partial charge >= 0.3 is 11.8 Å². The maximum Gasteiger partial charge on any atom is 0.342 e. The summed E-state index contributed by atoms with van der Waals surface area (Å²) in [6.45, 7) is 2.47. The van der Waals surface area contributed by atoms with Gasteiger partial charge in [-0.05, 0) is 18.3 Å². The van der Waals surface area contributed by atoms with Gasteiger partial charge in [-0.25, -0.2) is 9.55 Å². The zero-order valence-corrected chi connectivity index (χ0v) is 8.96. The zero-order valence-electron chi connectivity index (χ0n) is 8.96. The number of imidazole rings is 1. The monoisotopic (exact) mass is 227 g/mol. The predicted octanol–water partition coefficient (Wildman–Crippen LogP) is 1.13. The van der Waals surface area contributed by atoms with E-state index < -0.39 is 4.92 Å². The largest absolute Gasteiger partial charge is 0.466 e. The Morgan fingerprint density at radius 3 is 3.06 bits per heavy atom. The SMILES string of the molecule is CCOC(=O)CCCn1cncc1[N+](=O)[O-]. The van der Waals surface area contributed by atoms with Gasteiger partial charge in [-0.1, -0.05) is 0 Å². The van der Waals surface area contributed by atoms with Crippen molar-refractivity contribution in [2.75, 3.05) is 6.61 Å². The fraction of sp³-hybridized carbons (Fsp3) is 0.556. The molecule has 0 saturated heterocycles. The molecule has 0 aliphatic carbocycles. The van der Waals surface area contributed by atoms with E-state index in [1.807, 2.05) is 0 Å². The van der Waals surface area contributed by atoms with Crippen molar-refractivity contribution in [2.24, 2.45) is 0 Å². The van der Waals surface area contributed by atoms with Crippen LogP contribution in [0.4, 0.5) is 5.82 Å². The lowest BCUT2D eigenvalue weighted by Gasteiger charge is -2.01. The third kappa shape index (κ3) is 3.34. The van der Waals surface area contributed by atoms with E-state index in [0.717, 1.165) is 0 Å². The Morgan fingerprint density at radius 1 is 1.69 bits per heavy atom. The fourth-order valence-electron chi connectivity index (χ4n) is 1.26. The van der Waals surface area contributed by atoms with Crippen LogP contribution in [0.2, 0.25) is 0 Å². The van der Waals surface area contributed by atoms with Crippen LogP contribution >= 0.6 is 0 Å². The van der Waals surface area contributed by atoms with Crippen LogP contribution in [0.25, 0.3) is 0 Å². The van der Waals surface area contributed by atoms with Crippen LogP contribution in [0.1, 0.15) is 19.8 Å². The van der Waals surface area contributed by atoms with Gasteiger partial charge in [-0.3, -0.25) is 4.79 Å². The van der Waals surface area contributed by atoms with Crippen molar-refractivity contribution in [3.63, 3.8) is 0 Å². The van der Waals surface area contributed by atoms with Gasteiger partial charge < -0.3 is 14.9 Å². The van der Waals surface area contributed by atoms with E-state index in [-0.39, 0.29) is 18.2 Å². The molecule has 88 valence electrons. The van der Waals surface area contributed by atoms with Crippen molar-refractivity contribution in [3.05, 3.63) is 22.6 Å². The molecule has 0 radical (unpaired) electrons. The van der Waals surface area contributed by atoms with Crippen LogP contribution in [0, 0.1) is 10.1 Å². The molecule has 0 unspecified atom stereocenters. The maximum atomic E-state index is 11.0. The predicted molar refractivity (Wildman–Crippen MR) is 54.7 cm³/mol. The first kappa shape index (κ1) is 12.2. The van der Waals surface area contributed by atoms with Gasteiger partial charge in [-0.15, -0.1) is 0 Å². The number of hydrogen-bond acceptors (Lipinski definition) is 5. The smallest absolute Gasteiger partial charge is 0.342 e. The highest BCUT2D eigenvalue weighted by molar-refractivity contribution is 5.69. The number of aryl methyl sites for hydroxylation is 1. The lowest BCUT2D eigenvalue weighted by molar-refractivity contribution is -0.392. The fourth-order valence-corrected chi connectivity index (χ4v) is 1.26. The van der Waals surface area contributed by atoms with Crippen molar-refractivity contribution in [2.45, 2.75) is 26.3 Å². The standard InChI is InChI=1S/C9H13N3O4/c1-2-16-9(13)4-3-5-11-7-10-6-8(11)12(14)15/h6-7H,2-5H2,1H3. The Kier molecular flexibility index (Phi) is 4.43. The molecule has 0 fully saturated rings. The molecule has 0 spiro atoms. The minimum absolute atomic E-state index is 0.0659. The molecule has 0 aliphatic heterocycles. The van der Waals surface area contributed by atoms with E-state index in [9.17, 15) is 14.9 Å². The zero-order chi connectivity index (χ0) is 12.0. The molecular formula is C9H13N3O4. The van der Waals surface area contributed by atoms with Crippen molar-refractivity contribution in [1.29, 1.82) is 0 Å². The number of ether oxygens (including phenoxy) is 1. The second kappa shape index (κ2) is 5.84. The minimum Gasteiger partial charge on any atom is -0.466 e. The molecule has 1 aromatic rings. The molecule has 7 heteroatoms. The number of esters is 1. The molecule has 0 aromatic carbocycles. The number of carbonyl (C=O) groups is 1. The summed E-state index contributed by atoms with van der Waals surface area (Å²) in [6, 6.07) is 0. The molecule has 7 nitrogen and oxygen atoms in total. The third-order valence-corrected chi connectivity index (χ3v) is 1.96. The number of hydrogen-bond donors (Lipinski definition) is 0. The molecule has 16 heavy (non-hydrogen) atoms. The van der Waals surface area contributed by atoms with Crippen molar-refractivity contribution in [3.8, 4) is 0 Å². The molecule has 0 bridgehead atoms. The Labute approximate surface area is 92.2 Å². The first-order valence-electron chi connectivity index (χ1n) is 4.95. The number of nitro groups is 1. The number of carbonyl (C=O) groups excluding carboxylic acids is 1. The molecule has 0 N–H and O–H groups in total. The molecule has 0 saturated carbocycles. The van der Waals surface area contributed by atoms with Gasteiger partial charge in [-0.2, -0.15) is 0 Å². The topological polar surface area (TPSA) is 87.3 Å². The van der Waals surface area contributed by atoms with E-state index in [1.54, 1.807) is 6.92 Å². The molecule has 1 heterocycles. The molecule has 0 aliphatic rings. The highest BCUT2D eigenvalue weighted by Crippen LogP contribution is 2.10. The van der Waals surface area contributed by atoms with E-state index in [1.165, 1.54) is 17.1 Å². The Hall–Kier alpha value is -1.92. The Bertz CT molecular complexity index is 375. The van der Waals surface area contributed by atoms with Crippen LogP contribution in [0.5, 0.6) is 0 Å². The minimum atomic E-state index is -0.503. The van der Waals surface area contributed by atoms with E-state index in [2.05, 4.69) is 4.98 Å². The van der Waals surface area contributed by atoms with E-state index in [0.29, 0.717) is 19.6 Å². The lowest BCUT2D eigenvalue weighted by atomic mass is 10.3. The van der Waals surface area contributed by atoms with E-state index in [4.69, 9.17) is 4.74 Å². The molecule has 1 aromatic heterocycles. The highest BCUT2D eigenvalue weighted by Gasteiger charge is 2.12. The summed E-state index contributed by atoms with van der Waals surface area (Å²) < 4.78 is 6.14. The average Bonchev–Trinajstić information content (AvgIpc) is 2.66. The Balaban J connectivity index is 2.40. The second-order valence-electron chi connectivity index (χ2n) is 3.11. The normalized spacial score (nSPS) is 10.1. The second-order valence-corrected chi connectivity index (χ2v) is 3.11. The number of aromatic nitrogens is 2. The summed E-state index contributed by atoms with van der Waals surface area (Å²) in [6.07, 6.45) is 3.31. The van der Waals surface area contributed by atoms with Crippen LogP contribution in [0.15, 0.2) is 12.5 Å². The first-order valence-corrected chi connectivity index (χ1v) is 4.95. The summed E-state index contributed by atoms with van der Waals surface area (Å²) >= 11 is 0. The molecular weight excluding hydrogens is 214 g/mol. The quantitative estimate of drug-likeness (QED) is 0.413. The van der Waals surface area contributed by atoms with Crippen molar-refractivity contribution in [1.82, 2.24) is 9.55 Å². The maximum absolute atomic E-state index is 11.0. The van der Waals surface area contributed by atoms with Gasteiger partial charge in [0, 0.05) is 6.42 Å². The van der Waals surface area contributed by atoms with Gasteiger partial charge in [0.15, 0.2) is 6.33 Å². The number of rotatable bonds is 6. The van der Waals surface area contributed by atoms with Crippen molar-refractivity contribution >= 4 is 11.8 Å². The van der Waals surface area contributed by atoms with Crippen LogP contribution in [-0.2, 0) is 16.1 Å². The van der Waals surface area contributed by atoms with Crippen LogP contribution < -0.4 is 0 Å². The van der Waals surface area contributed by atoms with Crippen LogP contribution in [-0.4, -0.2) is 27.1 Å². The summed E-state index contributed by atoms with van der Waals surface area (Å²) in [5.41, 5.74) is 0. The van der Waals surface area contributed by atoms with Gasteiger partial charge in [0.25, 0.3) is 0 Å². The van der Waals surface area contributed by atoms with Gasteiger partial charge in [0.2, 0.25) is 0 Å². The number of nitrogens with zero attached hydrogens (tertiary/aromatic N) is 3. The molecule has 1 rings (SSSR count). The summed E-state index contributed by atoms with van der Waals surface area (Å²) in [7, 11) is 0. The Morgan fingerprint density at radius 2 is 2.44 bits per heavy atom. The van der Waals surface area contributed by atoms with E-state index >= 15 is 0 Å². The summed E-state index contributed by atoms with van der Waals surface area (Å²) in [5.74, 6) is -0.353. The van der Waals surface area contributed by atoms with Crippen molar-refractivity contribution < 1.29 is 14.5 Å². The lowest BCUT2D eigenvalue weighted by Crippen LogP contribution is -2.07. The van der Waals surface area contributed by atoms with Gasteiger partial charge in [0.1, 0.15) is 6.20 Å². The third-order valence-electron chi connectivity index (χ3n) is 1.96. The van der Waals surface area contributed by atoms with Gasteiger partial charge in [0.05, 0.1) is 13.2 Å². The summed E-state index contributed by atoms with van der Waals surface area (Å²) in [5, 5.41) is 10.5. The molecule has 0 amide bonds. The first-order chi connectivity index (χ1) is 7.65. The average molecular weight is 227 g/mol. The van der Waals surface area contributed by atoms with Crippen LogP contribution in [0.3, 0.4) is 0 Å². The summed E-state index contributed by atoms with van der Waals surface area (Å²) in [4.78, 5) is 24.7. The molecule has 0 atom stereocenters. The highest BCUT2D eigenvalue weighted by atomic mass is 16.6.